The number of nitrogens with one attached hydrogen (secondary N) is 1. The lowest BCUT2D eigenvalue weighted by molar-refractivity contribution is -0.138. The van der Waals surface area contributed by atoms with Crippen molar-refractivity contribution in [2.75, 3.05) is 13.6 Å². The third-order valence-electron chi connectivity index (χ3n) is 4.74. The number of hydrogen-bond acceptors (Lipinski definition) is 4. The summed E-state index contributed by atoms with van der Waals surface area (Å²) in [5, 5.41) is 4.61. The van der Waals surface area contributed by atoms with Crippen molar-refractivity contribution in [1.29, 1.82) is 0 Å². The summed E-state index contributed by atoms with van der Waals surface area (Å²) in [6.07, 6.45) is 0.291. The molecule has 2 aromatic rings. The zero-order chi connectivity index (χ0) is 19.6. The molecule has 1 atom stereocenters. The predicted molar refractivity (Wildman–Crippen MR) is 99.4 cm³/mol. The summed E-state index contributed by atoms with van der Waals surface area (Å²) in [7, 11) is 1.63. The van der Waals surface area contributed by atoms with Crippen LogP contribution in [0.2, 0.25) is 0 Å². The molecule has 1 saturated heterocycles. The number of carbonyl (C=O) groups excluding carboxylic acids is 3. The van der Waals surface area contributed by atoms with Gasteiger partial charge in [0.15, 0.2) is 0 Å². The molecule has 0 bridgehead atoms. The van der Waals surface area contributed by atoms with Gasteiger partial charge in [-0.25, -0.2) is 9.18 Å². The van der Waals surface area contributed by atoms with Crippen molar-refractivity contribution in [3.05, 3.63) is 58.0 Å². The van der Waals surface area contributed by atoms with Crippen molar-refractivity contribution in [3.8, 4) is 0 Å². The number of halogens is 1. The Hall–Kier alpha value is -2.74. The first-order valence-corrected chi connectivity index (χ1v) is 9.42. The second kappa shape index (κ2) is 7.48. The van der Waals surface area contributed by atoms with Crippen LogP contribution < -0.4 is 5.32 Å². The second-order valence-corrected chi connectivity index (χ2v) is 7.45. The fourth-order valence-corrected chi connectivity index (χ4v) is 3.88. The van der Waals surface area contributed by atoms with Gasteiger partial charge in [0.25, 0.3) is 5.91 Å². The van der Waals surface area contributed by atoms with Crippen LogP contribution in [0.1, 0.15) is 23.8 Å². The van der Waals surface area contributed by atoms with Gasteiger partial charge in [-0.05, 0) is 35.6 Å². The molecule has 4 amide bonds. The van der Waals surface area contributed by atoms with Crippen LogP contribution >= 0.6 is 11.3 Å². The monoisotopic (exact) mass is 389 g/mol. The number of benzene rings is 1. The average Bonchev–Trinajstić information content (AvgIpc) is 3.24. The maximum Gasteiger partial charge on any atom is 0.325 e. The maximum absolute atomic E-state index is 13.2. The molecule has 3 rings (SSSR count). The highest BCUT2D eigenvalue weighted by molar-refractivity contribution is 7.09. The van der Waals surface area contributed by atoms with Crippen molar-refractivity contribution in [3.63, 3.8) is 0 Å². The number of urea groups is 1. The van der Waals surface area contributed by atoms with E-state index in [4.69, 9.17) is 0 Å². The minimum Gasteiger partial charge on any atom is -0.339 e. The number of likely N-dealkylation sites (N-methyl/N-ethyl adjacent to an activating group) is 1. The van der Waals surface area contributed by atoms with E-state index in [1.807, 2.05) is 17.5 Å². The zero-order valence-electron chi connectivity index (χ0n) is 15.1. The summed E-state index contributed by atoms with van der Waals surface area (Å²) < 4.78 is 13.2. The van der Waals surface area contributed by atoms with Gasteiger partial charge in [0.2, 0.25) is 5.91 Å². The van der Waals surface area contributed by atoms with Crippen LogP contribution in [0, 0.1) is 5.82 Å². The topological polar surface area (TPSA) is 69.7 Å². The SMILES string of the molecule is CCC1(c2ccc(F)cc2)NC(=O)N(CC(=O)N(C)Cc2cccs2)C1=O. The molecule has 1 aliphatic rings. The van der Waals surface area contributed by atoms with Gasteiger partial charge in [-0.2, -0.15) is 0 Å². The highest BCUT2D eigenvalue weighted by Crippen LogP contribution is 2.32. The van der Waals surface area contributed by atoms with Crippen molar-refractivity contribution in [2.45, 2.75) is 25.4 Å². The molecule has 142 valence electrons. The van der Waals surface area contributed by atoms with Gasteiger partial charge in [-0.15, -0.1) is 11.3 Å². The second-order valence-electron chi connectivity index (χ2n) is 6.42. The molecule has 1 aromatic carbocycles. The normalized spacial score (nSPS) is 19.3. The summed E-state index contributed by atoms with van der Waals surface area (Å²) in [5.41, 5.74) is -0.788. The van der Waals surface area contributed by atoms with E-state index >= 15 is 0 Å². The van der Waals surface area contributed by atoms with E-state index in [0.29, 0.717) is 18.5 Å². The van der Waals surface area contributed by atoms with E-state index in [1.165, 1.54) is 40.5 Å². The molecule has 0 spiro atoms. The van der Waals surface area contributed by atoms with Crippen LogP contribution in [0.4, 0.5) is 9.18 Å². The van der Waals surface area contributed by atoms with E-state index in [0.717, 1.165) is 9.78 Å². The first-order valence-electron chi connectivity index (χ1n) is 8.54. The molecular weight excluding hydrogens is 369 g/mol. The molecule has 1 aromatic heterocycles. The fraction of sp³-hybridized carbons (Fsp3) is 0.316. The molecular formula is C19H20FN3O3S. The van der Waals surface area contributed by atoms with E-state index < -0.39 is 23.3 Å². The minimum atomic E-state index is -1.28. The Morgan fingerprint density at radius 3 is 2.56 bits per heavy atom. The van der Waals surface area contributed by atoms with Gasteiger partial charge in [0.05, 0.1) is 6.54 Å². The quantitative estimate of drug-likeness (QED) is 0.773. The van der Waals surface area contributed by atoms with Crippen LogP contribution in [-0.2, 0) is 21.7 Å². The number of hydrogen-bond donors (Lipinski definition) is 1. The zero-order valence-corrected chi connectivity index (χ0v) is 15.9. The third-order valence-corrected chi connectivity index (χ3v) is 5.60. The van der Waals surface area contributed by atoms with E-state index in [2.05, 4.69) is 5.32 Å². The number of nitrogens with zero attached hydrogens (tertiary/aromatic N) is 2. The summed E-state index contributed by atoms with van der Waals surface area (Å²) >= 11 is 1.53. The standard InChI is InChI=1S/C19H20FN3O3S/c1-3-19(13-6-8-14(20)9-7-13)17(25)23(18(26)21-19)12-16(24)22(2)11-15-5-4-10-27-15/h4-10H,3,11-12H2,1-2H3,(H,21,26). The van der Waals surface area contributed by atoms with Crippen LogP contribution in [0.25, 0.3) is 0 Å². The Labute approximate surface area is 160 Å². The van der Waals surface area contributed by atoms with Crippen LogP contribution in [0.15, 0.2) is 41.8 Å². The largest absolute Gasteiger partial charge is 0.339 e. The molecule has 2 heterocycles. The Morgan fingerprint density at radius 2 is 1.96 bits per heavy atom. The van der Waals surface area contributed by atoms with Gasteiger partial charge in [-0.1, -0.05) is 25.1 Å². The van der Waals surface area contributed by atoms with Gasteiger partial charge < -0.3 is 10.2 Å². The number of imide groups is 1. The maximum atomic E-state index is 13.2. The lowest BCUT2D eigenvalue weighted by Gasteiger charge is -2.26. The number of thiophene rings is 1. The number of carbonyl (C=O) groups is 3. The highest BCUT2D eigenvalue weighted by Gasteiger charge is 2.51. The molecule has 27 heavy (non-hydrogen) atoms. The average molecular weight is 389 g/mol. The summed E-state index contributed by atoms with van der Waals surface area (Å²) in [6, 6.07) is 8.64. The highest BCUT2D eigenvalue weighted by atomic mass is 32.1. The Morgan fingerprint density at radius 1 is 1.26 bits per heavy atom. The molecule has 1 aliphatic heterocycles. The smallest absolute Gasteiger partial charge is 0.325 e. The van der Waals surface area contributed by atoms with Gasteiger partial charge >= 0.3 is 6.03 Å². The van der Waals surface area contributed by atoms with Crippen LogP contribution in [-0.4, -0.2) is 41.2 Å². The third kappa shape index (κ3) is 3.57. The molecule has 0 saturated carbocycles. The first-order chi connectivity index (χ1) is 12.9. The lowest BCUT2D eigenvalue weighted by Crippen LogP contribution is -2.45. The fourth-order valence-electron chi connectivity index (χ4n) is 3.12. The molecule has 1 unspecified atom stereocenters. The van der Waals surface area contributed by atoms with Gasteiger partial charge in [0.1, 0.15) is 17.9 Å². The molecule has 0 radical (unpaired) electrons. The summed E-state index contributed by atoms with van der Waals surface area (Å²) in [6.45, 7) is 1.84. The first kappa shape index (κ1) is 19.0. The van der Waals surface area contributed by atoms with Crippen LogP contribution in [0.3, 0.4) is 0 Å². The molecule has 1 N–H and O–H groups in total. The van der Waals surface area contributed by atoms with Crippen molar-refractivity contribution in [1.82, 2.24) is 15.1 Å². The van der Waals surface area contributed by atoms with Crippen molar-refractivity contribution < 1.29 is 18.8 Å². The number of amides is 4. The Kier molecular flexibility index (Phi) is 5.27. The lowest BCUT2D eigenvalue weighted by atomic mass is 9.87. The molecule has 1 fully saturated rings. The van der Waals surface area contributed by atoms with Crippen molar-refractivity contribution >= 4 is 29.2 Å². The summed E-state index contributed by atoms with van der Waals surface area (Å²) in [4.78, 5) is 41.4. The van der Waals surface area contributed by atoms with E-state index in [1.54, 1.807) is 14.0 Å². The number of rotatable bonds is 6. The predicted octanol–water partition coefficient (Wildman–Crippen LogP) is 2.70. The van der Waals surface area contributed by atoms with E-state index in [-0.39, 0.29) is 12.5 Å². The Bertz CT molecular complexity index is 854. The molecule has 6 nitrogen and oxygen atoms in total. The molecule has 0 aliphatic carbocycles. The van der Waals surface area contributed by atoms with E-state index in [9.17, 15) is 18.8 Å². The molecule has 8 heteroatoms. The van der Waals surface area contributed by atoms with Gasteiger partial charge in [0, 0.05) is 11.9 Å². The summed E-state index contributed by atoms with van der Waals surface area (Å²) in [5.74, 6) is -1.26. The Balaban J connectivity index is 1.76. The van der Waals surface area contributed by atoms with Crippen LogP contribution in [0.5, 0.6) is 0 Å². The van der Waals surface area contributed by atoms with Gasteiger partial charge in [-0.3, -0.25) is 14.5 Å². The minimum absolute atomic E-state index is 0.291. The van der Waals surface area contributed by atoms with Crippen molar-refractivity contribution in [2.24, 2.45) is 0 Å².